The molecular weight excluding hydrogens is 371 g/mol. The number of nitrogens with zero attached hydrogens (tertiary/aromatic N) is 4. The molecule has 0 radical (unpaired) electrons. The molecule has 0 aliphatic carbocycles. The zero-order valence-corrected chi connectivity index (χ0v) is 16.7. The Bertz CT molecular complexity index is 782. The van der Waals surface area contributed by atoms with Crippen molar-refractivity contribution >= 4 is 29.1 Å². The van der Waals surface area contributed by atoms with E-state index in [2.05, 4.69) is 10.00 Å². The summed E-state index contributed by atoms with van der Waals surface area (Å²) in [5.41, 5.74) is 3.16. The molecule has 0 atom stereocenters. The standard InChI is InChI=1S/C19H24Cl2N4O/c1-14-11-15(2)25(22-14)6-5-19(26)24-9-7-23(8-10-24)13-16-3-4-17(20)12-18(16)21/h3-4,11-12H,5-10,13H2,1-2H3. The molecule has 1 saturated heterocycles. The Kier molecular flexibility index (Phi) is 6.22. The summed E-state index contributed by atoms with van der Waals surface area (Å²) in [7, 11) is 0. The first-order valence-electron chi connectivity index (χ1n) is 8.87. The molecule has 1 amide bonds. The number of carbonyl (C=O) groups excluding carboxylic acids is 1. The van der Waals surface area contributed by atoms with E-state index >= 15 is 0 Å². The molecule has 140 valence electrons. The van der Waals surface area contributed by atoms with E-state index in [0.717, 1.165) is 49.7 Å². The molecule has 0 unspecified atom stereocenters. The molecule has 2 aromatic rings. The number of aryl methyl sites for hydroxylation is 3. The molecule has 1 fully saturated rings. The van der Waals surface area contributed by atoms with Crippen LogP contribution in [0, 0.1) is 13.8 Å². The average Bonchev–Trinajstić information content (AvgIpc) is 2.93. The Morgan fingerprint density at radius 3 is 2.46 bits per heavy atom. The minimum Gasteiger partial charge on any atom is -0.340 e. The van der Waals surface area contributed by atoms with Gasteiger partial charge in [-0.15, -0.1) is 0 Å². The van der Waals surface area contributed by atoms with Crippen LogP contribution in [0.3, 0.4) is 0 Å². The largest absolute Gasteiger partial charge is 0.340 e. The van der Waals surface area contributed by atoms with Crippen LogP contribution in [0.5, 0.6) is 0 Å². The second-order valence-electron chi connectivity index (χ2n) is 6.79. The van der Waals surface area contributed by atoms with E-state index < -0.39 is 0 Å². The van der Waals surface area contributed by atoms with Crippen LogP contribution in [0.4, 0.5) is 0 Å². The molecule has 2 heterocycles. The quantitative estimate of drug-likeness (QED) is 0.778. The van der Waals surface area contributed by atoms with Gasteiger partial charge in [-0.05, 0) is 37.6 Å². The lowest BCUT2D eigenvalue weighted by Crippen LogP contribution is -2.48. The van der Waals surface area contributed by atoms with E-state index in [9.17, 15) is 4.79 Å². The van der Waals surface area contributed by atoms with E-state index in [1.54, 1.807) is 6.07 Å². The van der Waals surface area contributed by atoms with Crippen LogP contribution >= 0.6 is 23.2 Å². The lowest BCUT2D eigenvalue weighted by atomic mass is 10.2. The van der Waals surface area contributed by atoms with Crippen LogP contribution < -0.4 is 0 Å². The maximum absolute atomic E-state index is 12.5. The Morgan fingerprint density at radius 1 is 1.12 bits per heavy atom. The highest BCUT2D eigenvalue weighted by Crippen LogP contribution is 2.22. The first kappa shape index (κ1) is 19.2. The van der Waals surface area contributed by atoms with Crippen LogP contribution in [0.2, 0.25) is 10.0 Å². The van der Waals surface area contributed by atoms with Crippen LogP contribution in [-0.2, 0) is 17.9 Å². The van der Waals surface area contributed by atoms with E-state index in [0.29, 0.717) is 23.0 Å². The molecule has 1 aliphatic rings. The molecule has 3 rings (SSSR count). The minimum atomic E-state index is 0.196. The number of aromatic nitrogens is 2. The minimum absolute atomic E-state index is 0.196. The second kappa shape index (κ2) is 8.42. The lowest BCUT2D eigenvalue weighted by Gasteiger charge is -2.35. The van der Waals surface area contributed by atoms with Crippen molar-refractivity contribution in [3.05, 3.63) is 51.3 Å². The number of rotatable bonds is 5. The van der Waals surface area contributed by atoms with Crippen molar-refractivity contribution in [1.82, 2.24) is 19.6 Å². The summed E-state index contributed by atoms with van der Waals surface area (Å²) >= 11 is 12.2. The fraction of sp³-hybridized carbons (Fsp3) is 0.474. The number of hydrogen-bond donors (Lipinski definition) is 0. The van der Waals surface area contributed by atoms with Crippen molar-refractivity contribution in [3.63, 3.8) is 0 Å². The summed E-state index contributed by atoms with van der Waals surface area (Å²) in [5, 5.41) is 5.76. The Morgan fingerprint density at radius 2 is 1.85 bits per heavy atom. The third-order valence-corrected chi connectivity index (χ3v) is 5.36. The predicted molar refractivity (Wildman–Crippen MR) is 105 cm³/mol. The molecule has 1 aliphatic heterocycles. The van der Waals surface area contributed by atoms with Gasteiger partial charge in [-0.25, -0.2) is 0 Å². The van der Waals surface area contributed by atoms with Gasteiger partial charge in [0.05, 0.1) is 5.69 Å². The van der Waals surface area contributed by atoms with Gasteiger partial charge >= 0.3 is 0 Å². The molecule has 7 heteroatoms. The van der Waals surface area contributed by atoms with Gasteiger partial charge in [0.1, 0.15) is 0 Å². The smallest absolute Gasteiger partial charge is 0.224 e. The van der Waals surface area contributed by atoms with Gasteiger partial charge in [0.2, 0.25) is 5.91 Å². The highest BCUT2D eigenvalue weighted by Gasteiger charge is 2.21. The zero-order valence-electron chi connectivity index (χ0n) is 15.2. The second-order valence-corrected chi connectivity index (χ2v) is 7.64. The van der Waals surface area contributed by atoms with E-state index in [4.69, 9.17) is 23.2 Å². The van der Waals surface area contributed by atoms with Crippen LogP contribution in [0.1, 0.15) is 23.4 Å². The first-order valence-corrected chi connectivity index (χ1v) is 9.63. The topological polar surface area (TPSA) is 41.4 Å². The molecule has 26 heavy (non-hydrogen) atoms. The van der Waals surface area contributed by atoms with Crippen LogP contribution in [-0.4, -0.2) is 51.7 Å². The summed E-state index contributed by atoms with van der Waals surface area (Å²) < 4.78 is 1.91. The number of hydrogen-bond acceptors (Lipinski definition) is 3. The molecule has 1 aromatic heterocycles. The third-order valence-electron chi connectivity index (χ3n) is 4.77. The van der Waals surface area contributed by atoms with E-state index in [1.165, 1.54) is 0 Å². The van der Waals surface area contributed by atoms with Gasteiger partial charge in [-0.2, -0.15) is 5.10 Å². The molecule has 1 aromatic carbocycles. The monoisotopic (exact) mass is 394 g/mol. The van der Waals surface area contributed by atoms with Crippen molar-refractivity contribution in [2.24, 2.45) is 0 Å². The number of halogens is 2. The first-order chi connectivity index (χ1) is 12.4. The van der Waals surface area contributed by atoms with Gasteiger partial charge in [-0.1, -0.05) is 29.3 Å². The summed E-state index contributed by atoms with van der Waals surface area (Å²) in [6, 6.07) is 7.64. The number of benzene rings is 1. The van der Waals surface area contributed by atoms with Crippen molar-refractivity contribution in [2.45, 2.75) is 33.4 Å². The molecule has 5 nitrogen and oxygen atoms in total. The Labute approximate surface area is 164 Å². The van der Waals surface area contributed by atoms with Gasteiger partial charge in [-0.3, -0.25) is 14.4 Å². The van der Waals surface area contributed by atoms with Gasteiger partial charge in [0.25, 0.3) is 0 Å². The van der Waals surface area contributed by atoms with Crippen molar-refractivity contribution in [3.8, 4) is 0 Å². The number of amides is 1. The van der Waals surface area contributed by atoms with Crippen molar-refractivity contribution in [2.75, 3.05) is 26.2 Å². The Balaban J connectivity index is 1.47. The van der Waals surface area contributed by atoms with Crippen LogP contribution in [0.15, 0.2) is 24.3 Å². The average molecular weight is 395 g/mol. The third kappa shape index (κ3) is 4.78. The fourth-order valence-corrected chi connectivity index (χ4v) is 3.78. The van der Waals surface area contributed by atoms with E-state index in [1.807, 2.05) is 41.6 Å². The number of carbonyl (C=O) groups is 1. The molecule has 0 saturated carbocycles. The maximum atomic E-state index is 12.5. The summed E-state index contributed by atoms with van der Waals surface area (Å²) in [5.74, 6) is 0.196. The van der Waals surface area contributed by atoms with Gasteiger partial charge in [0.15, 0.2) is 0 Å². The SMILES string of the molecule is Cc1cc(C)n(CCC(=O)N2CCN(Cc3ccc(Cl)cc3Cl)CC2)n1. The maximum Gasteiger partial charge on any atom is 0.224 e. The summed E-state index contributed by atoms with van der Waals surface area (Å²) in [6.07, 6.45) is 0.491. The van der Waals surface area contributed by atoms with Crippen LogP contribution in [0.25, 0.3) is 0 Å². The summed E-state index contributed by atoms with van der Waals surface area (Å²) in [4.78, 5) is 16.7. The normalized spacial score (nSPS) is 15.5. The Hall–Kier alpha value is -1.56. The van der Waals surface area contributed by atoms with Gasteiger partial charge < -0.3 is 4.90 Å². The molecular formula is C19H24Cl2N4O. The number of piperazine rings is 1. The predicted octanol–water partition coefficient (Wildman–Crippen LogP) is 3.54. The fourth-order valence-electron chi connectivity index (χ4n) is 3.31. The molecule has 0 bridgehead atoms. The molecule has 0 spiro atoms. The van der Waals surface area contributed by atoms with E-state index in [-0.39, 0.29) is 5.91 Å². The van der Waals surface area contributed by atoms with Crippen molar-refractivity contribution < 1.29 is 4.79 Å². The summed E-state index contributed by atoms with van der Waals surface area (Å²) in [6.45, 7) is 8.61. The zero-order chi connectivity index (χ0) is 18.7. The van der Waals surface area contributed by atoms with Crippen molar-refractivity contribution in [1.29, 1.82) is 0 Å². The lowest BCUT2D eigenvalue weighted by molar-refractivity contribution is -0.133. The highest BCUT2D eigenvalue weighted by molar-refractivity contribution is 6.35. The highest BCUT2D eigenvalue weighted by atomic mass is 35.5. The molecule has 0 N–H and O–H groups in total. The van der Waals surface area contributed by atoms with Gasteiger partial charge in [0, 0.05) is 61.4 Å².